The normalized spacial score (nSPS) is 11.0. The minimum Gasteiger partial charge on any atom is -0.452 e. The molecule has 0 aliphatic heterocycles. The van der Waals surface area contributed by atoms with Crippen molar-refractivity contribution < 1.29 is 18.0 Å². The number of hydrogen-bond donors (Lipinski definition) is 0. The molecule has 21 heavy (non-hydrogen) atoms. The summed E-state index contributed by atoms with van der Waals surface area (Å²) in [4.78, 5) is 12.2. The molecule has 0 spiro atoms. The van der Waals surface area contributed by atoms with Crippen LogP contribution in [0.2, 0.25) is 0 Å². The second-order valence-electron chi connectivity index (χ2n) is 4.60. The van der Waals surface area contributed by atoms with E-state index in [2.05, 4.69) is 15.9 Å². The summed E-state index contributed by atoms with van der Waals surface area (Å²) in [5.74, 6) is -1.46. The number of hydrogen-bond acceptors (Lipinski definition) is 2. The van der Waals surface area contributed by atoms with Crippen LogP contribution in [0.4, 0.5) is 8.78 Å². The quantitative estimate of drug-likeness (QED) is 0.629. The average molecular weight is 351 g/mol. The van der Waals surface area contributed by atoms with Crippen LogP contribution in [0.25, 0.3) is 11.0 Å². The highest BCUT2D eigenvalue weighted by molar-refractivity contribution is 9.10. The van der Waals surface area contributed by atoms with Crippen LogP contribution in [0.5, 0.6) is 0 Å². The fraction of sp³-hybridized carbons (Fsp3) is 0.0625. The van der Waals surface area contributed by atoms with Crippen molar-refractivity contribution in [3.63, 3.8) is 0 Å². The molecule has 0 bridgehead atoms. The molecular formula is C16H9BrF2O2. The zero-order valence-electron chi connectivity index (χ0n) is 10.7. The summed E-state index contributed by atoms with van der Waals surface area (Å²) in [7, 11) is 0. The Morgan fingerprint density at radius 1 is 1.14 bits per heavy atom. The van der Waals surface area contributed by atoms with E-state index in [-0.39, 0.29) is 17.7 Å². The molecule has 2 aromatic carbocycles. The molecule has 1 heterocycles. The number of para-hydroxylation sites is 1. The van der Waals surface area contributed by atoms with Crippen LogP contribution in [-0.2, 0) is 6.42 Å². The number of carbonyl (C=O) groups excluding carboxylic acids is 1. The van der Waals surface area contributed by atoms with Crippen molar-refractivity contribution in [3.8, 4) is 0 Å². The maximum Gasteiger partial charge on any atom is 0.202 e. The molecular weight excluding hydrogens is 342 g/mol. The first-order valence-electron chi connectivity index (χ1n) is 6.20. The third kappa shape index (κ3) is 2.74. The predicted molar refractivity (Wildman–Crippen MR) is 78.3 cm³/mol. The Hall–Kier alpha value is -2.01. The summed E-state index contributed by atoms with van der Waals surface area (Å²) >= 11 is 3.33. The molecule has 0 N–H and O–H groups in total. The van der Waals surface area contributed by atoms with Gasteiger partial charge in [-0.15, -0.1) is 0 Å². The largest absolute Gasteiger partial charge is 0.452 e. The van der Waals surface area contributed by atoms with E-state index in [0.29, 0.717) is 5.58 Å². The summed E-state index contributed by atoms with van der Waals surface area (Å²) in [5, 5.41) is 0.771. The second-order valence-corrected chi connectivity index (χ2v) is 5.46. The molecule has 2 nitrogen and oxygen atoms in total. The van der Waals surface area contributed by atoms with E-state index in [1.807, 2.05) is 12.1 Å². The molecule has 0 fully saturated rings. The van der Waals surface area contributed by atoms with Gasteiger partial charge < -0.3 is 4.42 Å². The van der Waals surface area contributed by atoms with Crippen molar-refractivity contribution in [2.75, 3.05) is 0 Å². The minimum atomic E-state index is -0.609. The van der Waals surface area contributed by atoms with Gasteiger partial charge in [0.25, 0.3) is 0 Å². The number of furan rings is 1. The zero-order valence-corrected chi connectivity index (χ0v) is 12.3. The van der Waals surface area contributed by atoms with Gasteiger partial charge in [-0.3, -0.25) is 4.79 Å². The summed E-state index contributed by atoms with van der Waals surface area (Å²) in [6.07, 6.45) is -0.249. The third-order valence-corrected chi connectivity index (χ3v) is 3.75. The number of benzene rings is 2. The standard InChI is InChI=1S/C16H9BrF2O2/c17-12-3-1-2-9-8-15(21-16(9)12)14(20)7-10-6-11(18)4-5-13(10)19/h1-6,8H,7H2. The zero-order chi connectivity index (χ0) is 15.0. The number of Topliss-reactive ketones (excluding diaryl/α,β-unsaturated/α-hetero) is 1. The average Bonchev–Trinajstić information content (AvgIpc) is 2.88. The maximum absolute atomic E-state index is 13.6. The summed E-state index contributed by atoms with van der Waals surface area (Å²) in [6.45, 7) is 0. The first-order valence-corrected chi connectivity index (χ1v) is 6.99. The maximum atomic E-state index is 13.6. The highest BCUT2D eigenvalue weighted by Crippen LogP contribution is 2.27. The topological polar surface area (TPSA) is 30.2 Å². The van der Waals surface area contributed by atoms with Crippen molar-refractivity contribution in [1.29, 1.82) is 0 Å². The van der Waals surface area contributed by atoms with Crippen molar-refractivity contribution in [2.24, 2.45) is 0 Å². The highest BCUT2D eigenvalue weighted by Gasteiger charge is 2.16. The van der Waals surface area contributed by atoms with Crippen LogP contribution >= 0.6 is 15.9 Å². The van der Waals surface area contributed by atoms with Crippen LogP contribution in [0, 0.1) is 11.6 Å². The number of rotatable bonds is 3. The molecule has 0 amide bonds. The van der Waals surface area contributed by atoms with Crippen molar-refractivity contribution in [1.82, 2.24) is 0 Å². The van der Waals surface area contributed by atoms with E-state index in [1.54, 1.807) is 12.1 Å². The number of ketones is 1. The first-order chi connectivity index (χ1) is 10.0. The Kier molecular flexibility index (Phi) is 3.59. The molecule has 106 valence electrons. The molecule has 5 heteroatoms. The lowest BCUT2D eigenvalue weighted by molar-refractivity contribution is 0.0967. The van der Waals surface area contributed by atoms with E-state index >= 15 is 0 Å². The Labute approximate surface area is 127 Å². The minimum absolute atomic E-state index is 0.0134. The SMILES string of the molecule is O=C(Cc1cc(F)ccc1F)c1cc2cccc(Br)c2o1. The third-order valence-electron chi connectivity index (χ3n) is 3.13. The van der Waals surface area contributed by atoms with Gasteiger partial charge in [-0.1, -0.05) is 12.1 Å². The molecule has 0 unspecified atom stereocenters. The molecule has 3 rings (SSSR count). The fourth-order valence-electron chi connectivity index (χ4n) is 2.10. The van der Waals surface area contributed by atoms with Crippen LogP contribution in [0.1, 0.15) is 16.1 Å². The predicted octanol–water partition coefficient (Wildman–Crippen LogP) is 4.90. The fourth-order valence-corrected chi connectivity index (χ4v) is 2.57. The van der Waals surface area contributed by atoms with Crippen molar-refractivity contribution in [2.45, 2.75) is 6.42 Å². The number of fused-ring (bicyclic) bond motifs is 1. The Morgan fingerprint density at radius 3 is 2.71 bits per heavy atom. The molecule has 0 aliphatic carbocycles. The molecule has 0 saturated heterocycles. The summed E-state index contributed by atoms with van der Waals surface area (Å²) in [6, 6.07) is 10.1. The van der Waals surface area contributed by atoms with E-state index < -0.39 is 17.4 Å². The summed E-state index contributed by atoms with van der Waals surface area (Å²) in [5.41, 5.74) is 0.570. The van der Waals surface area contributed by atoms with Crippen LogP contribution in [-0.4, -0.2) is 5.78 Å². The smallest absolute Gasteiger partial charge is 0.202 e. The lowest BCUT2D eigenvalue weighted by Gasteiger charge is -2.01. The van der Waals surface area contributed by atoms with Gasteiger partial charge in [0, 0.05) is 11.8 Å². The lowest BCUT2D eigenvalue weighted by atomic mass is 10.1. The molecule has 1 aromatic heterocycles. The van der Waals surface area contributed by atoms with Gasteiger partial charge in [0.1, 0.15) is 17.2 Å². The lowest BCUT2D eigenvalue weighted by Crippen LogP contribution is -2.04. The van der Waals surface area contributed by atoms with Gasteiger partial charge in [0.2, 0.25) is 5.78 Å². The van der Waals surface area contributed by atoms with Crippen LogP contribution in [0.15, 0.2) is 51.4 Å². The second kappa shape index (κ2) is 5.41. The van der Waals surface area contributed by atoms with Gasteiger partial charge in [-0.05, 0) is 51.8 Å². The summed E-state index contributed by atoms with van der Waals surface area (Å²) < 4.78 is 32.9. The van der Waals surface area contributed by atoms with Gasteiger partial charge in [0.15, 0.2) is 5.76 Å². The molecule has 0 atom stereocenters. The number of carbonyl (C=O) groups is 1. The van der Waals surface area contributed by atoms with Crippen molar-refractivity contribution >= 4 is 32.7 Å². The van der Waals surface area contributed by atoms with Crippen molar-refractivity contribution in [3.05, 3.63) is 69.9 Å². The van der Waals surface area contributed by atoms with Gasteiger partial charge in [-0.2, -0.15) is 0 Å². The Balaban J connectivity index is 1.93. The molecule has 3 aromatic rings. The van der Waals surface area contributed by atoms with Crippen LogP contribution < -0.4 is 0 Å². The number of halogens is 3. The molecule has 0 aliphatic rings. The van der Waals surface area contributed by atoms with E-state index in [0.717, 1.165) is 28.1 Å². The molecule has 0 radical (unpaired) electrons. The van der Waals surface area contributed by atoms with Gasteiger partial charge in [-0.25, -0.2) is 8.78 Å². The van der Waals surface area contributed by atoms with E-state index in [4.69, 9.17) is 4.42 Å². The molecule has 0 saturated carbocycles. The first kappa shape index (κ1) is 13.9. The van der Waals surface area contributed by atoms with Gasteiger partial charge >= 0.3 is 0 Å². The Morgan fingerprint density at radius 2 is 1.95 bits per heavy atom. The van der Waals surface area contributed by atoms with Crippen LogP contribution in [0.3, 0.4) is 0 Å². The van der Waals surface area contributed by atoms with Gasteiger partial charge in [0.05, 0.1) is 4.47 Å². The highest BCUT2D eigenvalue weighted by atomic mass is 79.9. The monoisotopic (exact) mass is 350 g/mol. The Bertz CT molecular complexity index is 839. The van der Waals surface area contributed by atoms with E-state index in [9.17, 15) is 13.6 Å². The van der Waals surface area contributed by atoms with E-state index in [1.165, 1.54) is 0 Å².